The highest BCUT2D eigenvalue weighted by Gasteiger charge is 2.43. The molecule has 1 amide bonds. The molecule has 0 spiro atoms. The molecular formula is C34H40F3N3O3. The lowest BCUT2D eigenvalue weighted by molar-refractivity contribution is -0.138. The molecule has 2 saturated heterocycles. The van der Waals surface area contributed by atoms with Gasteiger partial charge in [-0.05, 0) is 79.6 Å². The number of phenols is 1. The fourth-order valence-corrected chi connectivity index (χ4v) is 6.47. The molecule has 0 bridgehead atoms. The van der Waals surface area contributed by atoms with E-state index in [1.54, 1.807) is 12.1 Å². The molecule has 6 nitrogen and oxygen atoms in total. The van der Waals surface area contributed by atoms with Crippen molar-refractivity contribution in [2.45, 2.75) is 57.4 Å². The minimum absolute atomic E-state index is 0.0260. The second kappa shape index (κ2) is 13.4. The van der Waals surface area contributed by atoms with Gasteiger partial charge in [0.15, 0.2) is 11.5 Å². The van der Waals surface area contributed by atoms with Gasteiger partial charge in [-0.1, -0.05) is 48.5 Å². The third kappa shape index (κ3) is 7.89. The largest absolute Gasteiger partial charge is 0.504 e. The van der Waals surface area contributed by atoms with Gasteiger partial charge in [-0.25, -0.2) is 0 Å². The number of nitrogens with one attached hydrogen (secondary N) is 1. The number of rotatable bonds is 9. The number of carbonyl (C=O) groups excluding carboxylic acids is 1. The molecule has 3 aromatic carbocycles. The highest BCUT2D eigenvalue weighted by molar-refractivity contribution is 5.83. The molecule has 43 heavy (non-hydrogen) atoms. The van der Waals surface area contributed by atoms with E-state index < -0.39 is 17.2 Å². The third-order valence-corrected chi connectivity index (χ3v) is 8.78. The Morgan fingerprint density at radius 2 is 1.60 bits per heavy atom. The number of aromatic hydroxyl groups is 1. The van der Waals surface area contributed by atoms with Gasteiger partial charge < -0.3 is 15.2 Å². The topological polar surface area (TPSA) is 65.0 Å². The second-order valence-electron chi connectivity index (χ2n) is 12.0. The predicted octanol–water partition coefficient (Wildman–Crippen LogP) is 6.03. The lowest BCUT2D eigenvalue weighted by Crippen LogP contribution is -2.56. The Bertz CT molecular complexity index is 1360. The summed E-state index contributed by atoms with van der Waals surface area (Å²) >= 11 is 0. The Balaban J connectivity index is 1.30. The average Bonchev–Trinajstić information content (AvgIpc) is 2.99. The number of hydrogen-bond acceptors (Lipinski definition) is 5. The van der Waals surface area contributed by atoms with Crippen LogP contribution in [0.5, 0.6) is 11.5 Å². The molecule has 0 saturated carbocycles. The van der Waals surface area contributed by atoms with E-state index in [1.807, 2.05) is 24.3 Å². The molecule has 5 rings (SSSR count). The monoisotopic (exact) mass is 595 g/mol. The Labute approximate surface area is 251 Å². The van der Waals surface area contributed by atoms with Crippen LogP contribution in [0.1, 0.15) is 47.9 Å². The number of benzene rings is 3. The number of phenolic OH excluding ortho intramolecular Hbond substituents is 1. The van der Waals surface area contributed by atoms with Crippen LogP contribution in [0.3, 0.4) is 0 Å². The quantitative estimate of drug-likeness (QED) is 0.317. The van der Waals surface area contributed by atoms with E-state index in [4.69, 9.17) is 4.74 Å². The Morgan fingerprint density at radius 3 is 2.28 bits per heavy atom. The van der Waals surface area contributed by atoms with E-state index >= 15 is 0 Å². The first-order valence-corrected chi connectivity index (χ1v) is 15.0. The SMILES string of the molecule is COc1cc(CN2CCCC(Cc3ccc(C(F)(F)F)cc3)(C(=O)NC3CCN(Cc4ccccc4)CC3)C2)ccc1O. The molecule has 3 aromatic rings. The summed E-state index contributed by atoms with van der Waals surface area (Å²) in [6, 6.07) is 20.9. The van der Waals surface area contributed by atoms with Gasteiger partial charge in [0, 0.05) is 38.8 Å². The van der Waals surface area contributed by atoms with Gasteiger partial charge in [-0.3, -0.25) is 14.6 Å². The van der Waals surface area contributed by atoms with Crippen LogP contribution < -0.4 is 10.1 Å². The number of hydrogen-bond donors (Lipinski definition) is 2. The number of ether oxygens (including phenoxy) is 1. The van der Waals surface area contributed by atoms with Crippen LogP contribution in [-0.4, -0.2) is 60.1 Å². The molecule has 1 unspecified atom stereocenters. The summed E-state index contributed by atoms with van der Waals surface area (Å²) in [5.74, 6) is 0.430. The maximum absolute atomic E-state index is 14.2. The van der Waals surface area contributed by atoms with Gasteiger partial charge in [0.05, 0.1) is 18.1 Å². The van der Waals surface area contributed by atoms with Gasteiger partial charge in [0.2, 0.25) is 5.91 Å². The van der Waals surface area contributed by atoms with Crippen molar-refractivity contribution in [2.24, 2.45) is 5.41 Å². The Kier molecular flexibility index (Phi) is 9.62. The summed E-state index contributed by atoms with van der Waals surface area (Å²) in [5.41, 5.74) is 1.47. The number of likely N-dealkylation sites (tertiary alicyclic amines) is 2. The number of alkyl halides is 3. The summed E-state index contributed by atoms with van der Waals surface area (Å²) in [4.78, 5) is 18.8. The van der Waals surface area contributed by atoms with Gasteiger partial charge >= 0.3 is 6.18 Å². The predicted molar refractivity (Wildman–Crippen MR) is 160 cm³/mol. The zero-order valence-electron chi connectivity index (χ0n) is 24.6. The summed E-state index contributed by atoms with van der Waals surface area (Å²) in [6.45, 7) is 4.51. The van der Waals surface area contributed by atoms with Crippen LogP contribution in [0.2, 0.25) is 0 Å². The van der Waals surface area contributed by atoms with E-state index in [0.717, 1.165) is 63.1 Å². The molecule has 0 aromatic heterocycles. The third-order valence-electron chi connectivity index (χ3n) is 8.78. The molecule has 2 aliphatic rings. The van der Waals surface area contributed by atoms with Gasteiger partial charge in [-0.2, -0.15) is 13.2 Å². The first kappa shape index (κ1) is 30.9. The van der Waals surface area contributed by atoms with Crippen molar-refractivity contribution in [3.8, 4) is 11.5 Å². The maximum Gasteiger partial charge on any atom is 0.416 e. The molecule has 2 heterocycles. The average molecular weight is 596 g/mol. The fraction of sp³-hybridized carbons (Fsp3) is 0.441. The van der Waals surface area contributed by atoms with Crippen molar-refractivity contribution in [1.29, 1.82) is 0 Å². The number of methoxy groups -OCH3 is 1. The van der Waals surface area contributed by atoms with Gasteiger partial charge in [0.1, 0.15) is 0 Å². The van der Waals surface area contributed by atoms with Gasteiger partial charge in [0.25, 0.3) is 0 Å². The molecule has 1 atom stereocenters. The van der Waals surface area contributed by atoms with Crippen molar-refractivity contribution >= 4 is 5.91 Å². The maximum atomic E-state index is 14.2. The minimum atomic E-state index is -4.41. The van der Waals surface area contributed by atoms with Crippen molar-refractivity contribution in [3.05, 3.63) is 95.1 Å². The van der Waals surface area contributed by atoms with Gasteiger partial charge in [-0.15, -0.1) is 0 Å². The highest BCUT2D eigenvalue weighted by atomic mass is 19.4. The van der Waals surface area contributed by atoms with Crippen LogP contribution in [0.4, 0.5) is 13.2 Å². The molecule has 2 aliphatic heterocycles. The Hall–Kier alpha value is -3.56. The van der Waals surface area contributed by atoms with Crippen LogP contribution in [-0.2, 0) is 30.5 Å². The first-order chi connectivity index (χ1) is 20.6. The number of piperidine rings is 2. The normalized spacial score (nSPS) is 20.6. The van der Waals surface area contributed by atoms with Crippen molar-refractivity contribution in [3.63, 3.8) is 0 Å². The number of nitrogens with zero attached hydrogens (tertiary/aromatic N) is 2. The second-order valence-corrected chi connectivity index (χ2v) is 12.0. The molecule has 2 N–H and O–H groups in total. The molecule has 0 aliphatic carbocycles. The van der Waals surface area contributed by atoms with Crippen LogP contribution in [0, 0.1) is 5.41 Å². The van der Waals surface area contributed by atoms with Crippen molar-refractivity contribution in [2.75, 3.05) is 33.3 Å². The van der Waals surface area contributed by atoms with E-state index in [0.29, 0.717) is 37.2 Å². The molecular weight excluding hydrogens is 555 g/mol. The zero-order chi connectivity index (χ0) is 30.5. The molecule has 230 valence electrons. The van der Waals surface area contributed by atoms with Crippen LogP contribution >= 0.6 is 0 Å². The standard InChI is InChI=1S/C34H40F3N3O3/c1-43-31-20-27(10-13-30(31)41)23-40-17-5-16-33(24-40,21-25-8-11-28(12-9-25)34(35,36)37)32(42)38-29-14-18-39(19-15-29)22-26-6-3-2-4-7-26/h2-4,6-13,20,29,41H,5,14-19,21-24H2,1H3,(H,38,42). The summed E-state index contributed by atoms with van der Waals surface area (Å²) in [5, 5.41) is 13.4. The number of carbonyl (C=O) groups is 1. The van der Waals surface area contributed by atoms with Crippen molar-refractivity contribution in [1.82, 2.24) is 15.1 Å². The summed E-state index contributed by atoms with van der Waals surface area (Å²) in [7, 11) is 1.51. The molecule has 9 heteroatoms. The lowest BCUT2D eigenvalue weighted by Gasteiger charge is -2.43. The van der Waals surface area contributed by atoms with E-state index in [-0.39, 0.29) is 17.7 Å². The first-order valence-electron chi connectivity index (χ1n) is 15.0. The summed E-state index contributed by atoms with van der Waals surface area (Å²) < 4.78 is 45.0. The smallest absolute Gasteiger partial charge is 0.416 e. The van der Waals surface area contributed by atoms with E-state index in [9.17, 15) is 23.1 Å². The highest BCUT2D eigenvalue weighted by Crippen LogP contribution is 2.37. The number of halogens is 3. The minimum Gasteiger partial charge on any atom is -0.504 e. The fourth-order valence-electron chi connectivity index (χ4n) is 6.47. The number of amides is 1. The van der Waals surface area contributed by atoms with E-state index in [2.05, 4.69) is 27.2 Å². The van der Waals surface area contributed by atoms with E-state index in [1.165, 1.54) is 24.8 Å². The lowest BCUT2D eigenvalue weighted by atomic mass is 9.73. The summed E-state index contributed by atoms with van der Waals surface area (Å²) in [6.07, 6.45) is -0.895. The van der Waals surface area contributed by atoms with Crippen LogP contribution in [0.25, 0.3) is 0 Å². The Morgan fingerprint density at radius 1 is 0.930 bits per heavy atom. The molecule has 0 radical (unpaired) electrons. The molecule has 2 fully saturated rings. The van der Waals surface area contributed by atoms with Crippen LogP contribution in [0.15, 0.2) is 72.8 Å². The van der Waals surface area contributed by atoms with Crippen molar-refractivity contribution < 1.29 is 27.8 Å². The zero-order valence-corrected chi connectivity index (χ0v) is 24.6.